The smallest absolute Gasteiger partial charge is 0.410 e. The quantitative estimate of drug-likeness (QED) is 0.709. The lowest BCUT2D eigenvalue weighted by Crippen LogP contribution is -2.47. The monoisotopic (exact) mass is 413 g/mol. The van der Waals surface area contributed by atoms with Crippen LogP contribution >= 0.6 is 0 Å². The highest BCUT2D eigenvalue weighted by Gasteiger charge is 2.36. The second-order valence-electron chi connectivity index (χ2n) is 8.53. The summed E-state index contributed by atoms with van der Waals surface area (Å²) >= 11 is 0. The maximum atomic E-state index is 12.6. The van der Waals surface area contributed by atoms with Gasteiger partial charge < -0.3 is 15.8 Å². The minimum absolute atomic E-state index is 0.132. The molecule has 162 valence electrons. The SMILES string of the molecule is CC(C)(C)OC(=O)N1CCC[C@@H]1C(=O)NCCCc1cc(N)n(-c2ccccc2)n1. The Morgan fingerprint density at radius 2 is 2.00 bits per heavy atom. The van der Waals surface area contributed by atoms with Crippen molar-refractivity contribution < 1.29 is 14.3 Å². The number of aryl methyl sites for hydroxylation is 1. The van der Waals surface area contributed by atoms with Crippen molar-refractivity contribution in [2.75, 3.05) is 18.8 Å². The lowest BCUT2D eigenvalue weighted by molar-refractivity contribution is -0.125. The van der Waals surface area contributed by atoms with Crippen molar-refractivity contribution in [1.29, 1.82) is 0 Å². The third-order valence-electron chi connectivity index (χ3n) is 4.88. The predicted octanol–water partition coefficient (Wildman–Crippen LogP) is 2.90. The normalized spacial score (nSPS) is 16.5. The molecule has 8 nitrogen and oxygen atoms in total. The summed E-state index contributed by atoms with van der Waals surface area (Å²) in [5.41, 5.74) is 7.29. The molecule has 0 radical (unpaired) electrons. The number of nitrogens with two attached hydrogens (primary N) is 1. The minimum Gasteiger partial charge on any atom is -0.444 e. The number of likely N-dealkylation sites (tertiary alicyclic amines) is 1. The average Bonchev–Trinajstić information content (AvgIpc) is 3.31. The number of ether oxygens (including phenoxy) is 1. The molecule has 8 heteroatoms. The first-order valence-electron chi connectivity index (χ1n) is 10.4. The molecule has 1 atom stereocenters. The molecule has 2 amide bonds. The van der Waals surface area contributed by atoms with Crippen molar-refractivity contribution >= 4 is 17.8 Å². The predicted molar refractivity (Wildman–Crippen MR) is 115 cm³/mol. The van der Waals surface area contributed by atoms with E-state index < -0.39 is 17.7 Å². The van der Waals surface area contributed by atoms with Crippen LogP contribution in [-0.4, -0.2) is 51.4 Å². The topological polar surface area (TPSA) is 102 Å². The lowest BCUT2D eigenvalue weighted by Gasteiger charge is -2.28. The van der Waals surface area contributed by atoms with Crippen molar-refractivity contribution in [3.63, 3.8) is 0 Å². The Balaban J connectivity index is 1.47. The molecule has 3 rings (SSSR count). The van der Waals surface area contributed by atoms with Crippen LogP contribution in [0.3, 0.4) is 0 Å². The van der Waals surface area contributed by atoms with Crippen LogP contribution < -0.4 is 11.1 Å². The molecule has 1 fully saturated rings. The van der Waals surface area contributed by atoms with Crippen LogP contribution in [0.25, 0.3) is 5.69 Å². The van der Waals surface area contributed by atoms with Gasteiger partial charge in [0.25, 0.3) is 0 Å². The average molecular weight is 414 g/mol. The molecule has 0 saturated carbocycles. The largest absolute Gasteiger partial charge is 0.444 e. The fourth-order valence-corrected chi connectivity index (χ4v) is 3.52. The second kappa shape index (κ2) is 9.19. The molecular formula is C22H31N5O3. The number of aromatic nitrogens is 2. The number of rotatable bonds is 6. The van der Waals surface area contributed by atoms with Crippen molar-refractivity contribution in [3.8, 4) is 5.69 Å². The third-order valence-corrected chi connectivity index (χ3v) is 4.88. The maximum absolute atomic E-state index is 12.6. The molecule has 2 aromatic rings. The van der Waals surface area contributed by atoms with Gasteiger partial charge in [0.1, 0.15) is 17.5 Å². The van der Waals surface area contributed by atoms with E-state index in [4.69, 9.17) is 10.5 Å². The minimum atomic E-state index is -0.578. The van der Waals surface area contributed by atoms with Crippen LogP contribution in [0.2, 0.25) is 0 Å². The number of amides is 2. The molecule has 0 spiro atoms. The highest BCUT2D eigenvalue weighted by atomic mass is 16.6. The Morgan fingerprint density at radius 3 is 2.70 bits per heavy atom. The zero-order chi connectivity index (χ0) is 21.7. The number of hydrogen-bond donors (Lipinski definition) is 2. The van der Waals surface area contributed by atoms with Gasteiger partial charge in [0.15, 0.2) is 0 Å². The van der Waals surface area contributed by atoms with Crippen molar-refractivity contribution in [2.45, 2.75) is 58.1 Å². The summed E-state index contributed by atoms with van der Waals surface area (Å²) in [6, 6.07) is 11.1. The summed E-state index contributed by atoms with van der Waals surface area (Å²) in [6.07, 6.45) is 2.46. The van der Waals surface area contributed by atoms with E-state index in [1.165, 1.54) is 4.90 Å². The van der Waals surface area contributed by atoms with E-state index in [0.29, 0.717) is 31.7 Å². The van der Waals surface area contributed by atoms with Crippen LogP contribution in [0.5, 0.6) is 0 Å². The van der Waals surface area contributed by atoms with Gasteiger partial charge in [-0.1, -0.05) is 18.2 Å². The standard InChI is InChI=1S/C22H31N5O3/c1-22(2,3)30-21(29)26-14-8-12-18(26)20(28)24-13-7-9-16-15-19(23)27(25-16)17-10-5-4-6-11-17/h4-6,10-11,15,18H,7-9,12-14,23H2,1-3H3,(H,24,28)/t18-/m1/s1. The van der Waals surface area contributed by atoms with Crippen molar-refractivity contribution in [3.05, 3.63) is 42.1 Å². The van der Waals surface area contributed by atoms with Gasteiger partial charge in [-0.2, -0.15) is 5.10 Å². The van der Waals surface area contributed by atoms with Gasteiger partial charge in [-0.25, -0.2) is 9.48 Å². The highest BCUT2D eigenvalue weighted by molar-refractivity contribution is 5.86. The molecule has 1 aromatic heterocycles. The van der Waals surface area contributed by atoms with E-state index >= 15 is 0 Å². The van der Waals surface area contributed by atoms with E-state index in [0.717, 1.165) is 24.2 Å². The van der Waals surface area contributed by atoms with Crippen LogP contribution in [0.15, 0.2) is 36.4 Å². The van der Waals surface area contributed by atoms with Crippen LogP contribution in [0.1, 0.15) is 45.7 Å². The van der Waals surface area contributed by atoms with Crippen LogP contribution in [-0.2, 0) is 16.0 Å². The maximum Gasteiger partial charge on any atom is 0.410 e. The molecule has 1 aliphatic rings. The highest BCUT2D eigenvalue weighted by Crippen LogP contribution is 2.21. The van der Waals surface area contributed by atoms with Gasteiger partial charge in [-0.3, -0.25) is 9.69 Å². The Labute approximate surface area is 177 Å². The first-order valence-corrected chi connectivity index (χ1v) is 10.4. The molecule has 1 saturated heterocycles. The number of nitrogens with zero attached hydrogens (tertiary/aromatic N) is 3. The van der Waals surface area contributed by atoms with E-state index in [9.17, 15) is 9.59 Å². The van der Waals surface area contributed by atoms with Gasteiger partial charge in [0.2, 0.25) is 5.91 Å². The molecule has 30 heavy (non-hydrogen) atoms. The number of nitrogens with one attached hydrogen (secondary N) is 1. The summed E-state index contributed by atoms with van der Waals surface area (Å²) in [4.78, 5) is 26.5. The molecule has 1 aliphatic heterocycles. The first kappa shape index (κ1) is 21.7. The molecule has 1 aromatic carbocycles. The summed E-state index contributed by atoms with van der Waals surface area (Å²) < 4.78 is 7.13. The summed E-state index contributed by atoms with van der Waals surface area (Å²) in [6.45, 7) is 6.52. The van der Waals surface area contributed by atoms with Gasteiger partial charge in [0.05, 0.1) is 11.4 Å². The molecule has 0 unspecified atom stereocenters. The third kappa shape index (κ3) is 5.52. The fourth-order valence-electron chi connectivity index (χ4n) is 3.52. The van der Waals surface area contributed by atoms with Crippen LogP contribution in [0.4, 0.5) is 10.6 Å². The number of anilines is 1. The van der Waals surface area contributed by atoms with Gasteiger partial charge >= 0.3 is 6.09 Å². The molecule has 2 heterocycles. The zero-order valence-corrected chi connectivity index (χ0v) is 17.9. The number of para-hydroxylation sites is 1. The van der Waals surface area contributed by atoms with Gasteiger partial charge in [-0.15, -0.1) is 0 Å². The van der Waals surface area contributed by atoms with Crippen molar-refractivity contribution in [1.82, 2.24) is 20.0 Å². The Hall–Kier alpha value is -3.03. The van der Waals surface area contributed by atoms with Crippen molar-refractivity contribution in [2.24, 2.45) is 0 Å². The summed E-state index contributed by atoms with van der Waals surface area (Å²) in [5, 5.41) is 7.49. The summed E-state index contributed by atoms with van der Waals surface area (Å²) in [7, 11) is 0. The Morgan fingerprint density at radius 1 is 1.27 bits per heavy atom. The molecular weight excluding hydrogens is 382 g/mol. The molecule has 3 N–H and O–H groups in total. The number of benzene rings is 1. The number of carbonyl (C=O) groups is 2. The van der Waals surface area contributed by atoms with E-state index in [1.54, 1.807) is 4.68 Å². The Bertz CT molecular complexity index is 873. The second-order valence-corrected chi connectivity index (χ2v) is 8.53. The molecule has 0 bridgehead atoms. The van der Waals surface area contributed by atoms with Gasteiger partial charge in [-0.05, 0) is 58.6 Å². The fraction of sp³-hybridized carbons (Fsp3) is 0.500. The van der Waals surface area contributed by atoms with Crippen LogP contribution in [0, 0.1) is 0 Å². The zero-order valence-electron chi connectivity index (χ0n) is 17.9. The molecule has 0 aliphatic carbocycles. The van der Waals surface area contributed by atoms with E-state index in [1.807, 2.05) is 57.2 Å². The first-order chi connectivity index (χ1) is 14.2. The van der Waals surface area contributed by atoms with E-state index in [2.05, 4.69) is 10.4 Å². The number of carbonyl (C=O) groups excluding carboxylic acids is 2. The number of nitrogen functional groups attached to an aromatic ring is 1. The lowest BCUT2D eigenvalue weighted by atomic mass is 10.2. The number of hydrogen-bond acceptors (Lipinski definition) is 5. The van der Waals surface area contributed by atoms with E-state index in [-0.39, 0.29) is 5.91 Å². The Kier molecular flexibility index (Phi) is 6.64. The van der Waals surface area contributed by atoms with Gasteiger partial charge in [0, 0.05) is 19.2 Å². The summed E-state index contributed by atoms with van der Waals surface area (Å²) in [5.74, 6) is 0.451.